The van der Waals surface area contributed by atoms with Crippen molar-refractivity contribution < 1.29 is 14.7 Å². The molecule has 2 fully saturated rings. The second-order valence-electron chi connectivity index (χ2n) is 8.75. The van der Waals surface area contributed by atoms with Gasteiger partial charge in [-0.2, -0.15) is 0 Å². The predicted molar refractivity (Wildman–Crippen MR) is 121 cm³/mol. The fourth-order valence-electron chi connectivity index (χ4n) is 5.17. The average Bonchev–Trinajstić information content (AvgIpc) is 3.48. The molecule has 1 saturated carbocycles. The number of para-hydroxylation sites is 1. The zero-order valence-corrected chi connectivity index (χ0v) is 17.8. The molecule has 1 saturated heterocycles. The van der Waals surface area contributed by atoms with Gasteiger partial charge in [-0.1, -0.05) is 48.7 Å². The molecule has 1 aliphatic carbocycles. The van der Waals surface area contributed by atoms with E-state index in [-0.39, 0.29) is 17.4 Å². The van der Waals surface area contributed by atoms with E-state index >= 15 is 0 Å². The molecule has 3 aromatic rings. The standard InChI is InChI=1S/C26H26N2O3/c1-15-11-12-16(2)19(13-15)24(29)22-23(20-14-27-21-10-6-5-9-18(20)21)28(26(31)25(22)30)17-7-3-4-8-17/h5-6,9-14,17,23,27,29H,3-4,7-8H2,1-2H3/b24-22+. The number of amides is 1. The zero-order valence-electron chi connectivity index (χ0n) is 17.8. The fraction of sp³-hybridized carbons (Fsp3) is 0.308. The van der Waals surface area contributed by atoms with E-state index in [2.05, 4.69) is 4.98 Å². The summed E-state index contributed by atoms with van der Waals surface area (Å²) < 4.78 is 0. The normalized spacial score (nSPS) is 21.5. The van der Waals surface area contributed by atoms with Crippen molar-refractivity contribution in [3.05, 3.63) is 76.5 Å². The topological polar surface area (TPSA) is 73.4 Å². The summed E-state index contributed by atoms with van der Waals surface area (Å²) in [4.78, 5) is 31.6. The molecule has 0 radical (unpaired) electrons. The van der Waals surface area contributed by atoms with Gasteiger partial charge in [0.1, 0.15) is 5.76 Å². The molecule has 1 amide bonds. The van der Waals surface area contributed by atoms with E-state index in [1.165, 1.54) is 0 Å². The van der Waals surface area contributed by atoms with Crippen molar-refractivity contribution in [2.24, 2.45) is 0 Å². The fourth-order valence-corrected chi connectivity index (χ4v) is 5.17. The summed E-state index contributed by atoms with van der Waals surface area (Å²) >= 11 is 0. The highest BCUT2D eigenvalue weighted by atomic mass is 16.3. The summed E-state index contributed by atoms with van der Waals surface area (Å²) in [6, 6.07) is 13.1. The van der Waals surface area contributed by atoms with Crippen LogP contribution in [0.4, 0.5) is 0 Å². The van der Waals surface area contributed by atoms with Gasteiger partial charge in [-0.3, -0.25) is 9.59 Å². The van der Waals surface area contributed by atoms with Gasteiger partial charge in [0.05, 0.1) is 11.6 Å². The third-order valence-electron chi connectivity index (χ3n) is 6.76. The molecule has 0 bridgehead atoms. The van der Waals surface area contributed by atoms with Gasteiger partial charge in [0.15, 0.2) is 0 Å². The number of carbonyl (C=O) groups is 2. The number of hydrogen-bond donors (Lipinski definition) is 2. The number of aliphatic hydroxyl groups is 1. The third-order valence-corrected chi connectivity index (χ3v) is 6.76. The number of H-pyrrole nitrogens is 1. The van der Waals surface area contributed by atoms with E-state index in [4.69, 9.17) is 0 Å². The van der Waals surface area contributed by atoms with Crippen LogP contribution in [0, 0.1) is 13.8 Å². The Labute approximate surface area is 181 Å². The lowest BCUT2D eigenvalue weighted by Gasteiger charge is -2.30. The van der Waals surface area contributed by atoms with E-state index in [1.807, 2.05) is 62.5 Å². The van der Waals surface area contributed by atoms with Gasteiger partial charge in [-0.05, 0) is 44.4 Å². The highest BCUT2D eigenvalue weighted by Gasteiger charge is 2.49. The number of aromatic nitrogens is 1. The number of benzene rings is 2. The Morgan fingerprint density at radius 3 is 2.58 bits per heavy atom. The van der Waals surface area contributed by atoms with Crippen LogP contribution in [0.5, 0.6) is 0 Å². The Morgan fingerprint density at radius 1 is 1.06 bits per heavy atom. The molecule has 2 N–H and O–H groups in total. The molecule has 158 valence electrons. The van der Waals surface area contributed by atoms with E-state index in [0.717, 1.165) is 53.3 Å². The second-order valence-corrected chi connectivity index (χ2v) is 8.75. The Kier molecular flexibility index (Phi) is 4.69. The summed E-state index contributed by atoms with van der Waals surface area (Å²) in [6.07, 6.45) is 5.74. The SMILES string of the molecule is Cc1ccc(C)c(/C(O)=C2\C(=O)C(=O)N(C3CCCC3)C2c2c[nH]c3ccccc23)c1. The van der Waals surface area contributed by atoms with Crippen molar-refractivity contribution in [1.29, 1.82) is 0 Å². The molecule has 0 spiro atoms. The summed E-state index contributed by atoms with van der Waals surface area (Å²) in [5.41, 5.74) is 4.45. The molecule has 1 aliphatic heterocycles. The number of ketones is 1. The van der Waals surface area contributed by atoms with E-state index in [0.29, 0.717) is 5.56 Å². The van der Waals surface area contributed by atoms with Gasteiger partial charge in [0.25, 0.3) is 11.7 Å². The van der Waals surface area contributed by atoms with Crippen LogP contribution >= 0.6 is 0 Å². The number of nitrogens with zero attached hydrogens (tertiary/aromatic N) is 1. The second kappa shape index (κ2) is 7.41. The number of carbonyl (C=O) groups excluding carboxylic acids is 2. The molecular formula is C26H26N2O3. The number of likely N-dealkylation sites (tertiary alicyclic amines) is 1. The highest BCUT2D eigenvalue weighted by Crippen LogP contribution is 2.45. The molecule has 2 aromatic carbocycles. The van der Waals surface area contributed by atoms with Crippen LogP contribution < -0.4 is 0 Å². The monoisotopic (exact) mass is 414 g/mol. The number of aliphatic hydroxyl groups excluding tert-OH is 1. The molecule has 1 atom stereocenters. The largest absolute Gasteiger partial charge is 0.507 e. The summed E-state index contributed by atoms with van der Waals surface area (Å²) in [5.74, 6) is -1.19. The van der Waals surface area contributed by atoms with Gasteiger partial charge in [-0.25, -0.2) is 0 Å². The van der Waals surface area contributed by atoms with Gasteiger partial charge in [0.2, 0.25) is 0 Å². The molecule has 5 nitrogen and oxygen atoms in total. The van der Waals surface area contributed by atoms with E-state index in [1.54, 1.807) is 4.90 Å². The van der Waals surface area contributed by atoms with Crippen LogP contribution in [0.15, 0.2) is 54.2 Å². The van der Waals surface area contributed by atoms with Crippen LogP contribution in [0.1, 0.15) is 54.0 Å². The van der Waals surface area contributed by atoms with Crippen molar-refractivity contribution in [1.82, 2.24) is 9.88 Å². The maximum Gasteiger partial charge on any atom is 0.295 e. The quantitative estimate of drug-likeness (QED) is 0.354. The maximum atomic E-state index is 13.3. The molecule has 2 aliphatic rings. The molecule has 1 unspecified atom stereocenters. The Morgan fingerprint density at radius 2 is 1.81 bits per heavy atom. The first-order valence-corrected chi connectivity index (χ1v) is 10.9. The minimum atomic E-state index is -0.598. The number of Topliss-reactive ketones (excluding diaryl/α,β-unsaturated/α-hetero) is 1. The minimum Gasteiger partial charge on any atom is -0.507 e. The third kappa shape index (κ3) is 3.07. The van der Waals surface area contributed by atoms with Gasteiger partial charge < -0.3 is 15.0 Å². The lowest BCUT2D eigenvalue weighted by molar-refractivity contribution is -0.141. The summed E-state index contributed by atoms with van der Waals surface area (Å²) in [6.45, 7) is 3.85. The number of hydrogen-bond acceptors (Lipinski definition) is 3. The van der Waals surface area contributed by atoms with Gasteiger partial charge >= 0.3 is 0 Å². The van der Waals surface area contributed by atoms with Crippen molar-refractivity contribution in [3.63, 3.8) is 0 Å². The smallest absolute Gasteiger partial charge is 0.295 e. The van der Waals surface area contributed by atoms with Gasteiger partial charge in [0, 0.05) is 34.3 Å². The first kappa shape index (κ1) is 19.6. The zero-order chi connectivity index (χ0) is 21.7. The van der Waals surface area contributed by atoms with Crippen LogP contribution in [0.2, 0.25) is 0 Å². The number of rotatable bonds is 3. The van der Waals surface area contributed by atoms with Crippen LogP contribution in [0.25, 0.3) is 16.7 Å². The lowest BCUT2D eigenvalue weighted by atomic mass is 9.92. The van der Waals surface area contributed by atoms with Crippen molar-refractivity contribution >= 4 is 28.4 Å². The van der Waals surface area contributed by atoms with Crippen molar-refractivity contribution in [3.8, 4) is 0 Å². The lowest BCUT2D eigenvalue weighted by Crippen LogP contribution is -2.37. The molecule has 5 rings (SSSR count). The Hall–Kier alpha value is -3.34. The molecule has 5 heteroatoms. The maximum absolute atomic E-state index is 13.3. The van der Waals surface area contributed by atoms with Crippen LogP contribution in [-0.2, 0) is 9.59 Å². The predicted octanol–water partition coefficient (Wildman–Crippen LogP) is 5.15. The first-order valence-electron chi connectivity index (χ1n) is 10.9. The number of aryl methyl sites for hydroxylation is 2. The molecular weight excluding hydrogens is 388 g/mol. The highest BCUT2D eigenvalue weighted by molar-refractivity contribution is 6.46. The van der Waals surface area contributed by atoms with Crippen LogP contribution in [0.3, 0.4) is 0 Å². The molecule has 2 heterocycles. The number of nitrogens with one attached hydrogen (secondary N) is 1. The molecule has 31 heavy (non-hydrogen) atoms. The Balaban J connectivity index is 1.76. The van der Waals surface area contributed by atoms with Crippen LogP contribution in [-0.4, -0.2) is 32.7 Å². The van der Waals surface area contributed by atoms with Crippen molar-refractivity contribution in [2.45, 2.75) is 51.6 Å². The van der Waals surface area contributed by atoms with E-state index < -0.39 is 17.7 Å². The molecule has 1 aromatic heterocycles. The van der Waals surface area contributed by atoms with E-state index in [9.17, 15) is 14.7 Å². The van der Waals surface area contributed by atoms with Crippen molar-refractivity contribution in [2.75, 3.05) is 0 Å². The average molecular weight is 415 g/mol. The number of aromatic amines is 1. The minimum absolute atomic E-state index is 0.0130. The van der Waals surface area contributed by atoms with Gasteiger partial charge in [-0.15, -0.1) is 0 Å². The Bertz CT molecular complexity index is 1230. The first-order chi connectivity index (χ1) is 15.0. The number of fused-ring (bicyclic) bond motifs is 1. The summed E-state index contributed by atoms with van der Waals surface area (Å²) in [7, 11) is 0. The summed E-state index contributed by atoms with van der Waals surface area (Å²) in [5, 5.41) is 12.3.